The minimum atomic E-state index is -0.811. The number of unbranched alkanes of at least 4 members (excludes halogenated alkanes) is 1. The van der Waals surface area contributed by atoms with Crippen molar-refractivity contribution in [1.82, 2.24) is 10.3 Å². The van der Waals surface area contributed by atoms with Crippen LogP contribution in [-0.2, 0) is 4.79 Å². The molecule has 2 N–H and O–H groups in total. The lowest BCUT2D eigenvalue weighted by Gasteiger charge is -2.04. The molecule has 0 atom stereocenters. The maximum absolute atomic E-state index is 11.6. The number of rotatable bonds is 6. The summed E-state index contributed by atoms with van der Waals surface area (Å²) in [5, 5.41) is 11.2. The summed E-state index contributed by atoms with van der Waals surface area (Å²) < 4.78 is 0.607. The van der Waals surface area contributed by atoms with Crippen molar-refractivity contribution in [2.75, 3.05) is 6.54 Å². The summed E-state index contributed by atoms with van der Waals surface area (Å²) in [6.45, 7) is 0.478. The first-order valence-corrected chi connectivity index (χ1v) is 6.00. The van der Waals surface area contributed by atoms with Crippen molar-refractivity contribution in [3.63, 3.8) is 0 Å². The maximum Gasteiger partial charge on any atom is 0.303 e. The van der Waals surface area contributed by atoms with E-state index in [9.17, 15) is 9.59 Å². The van der Waals surface area contributed by atoms with Crippen LogP contribution in [-0.4, -0.2) is 28.5 Å². The molecule has 17 heavy (non-hydrogen) atoms. The molecule has 0 fully saturated rings. The third-order valence-corrected chi connectivity index (χ3v) is 2.53. The van der Waals surface area contributed by atoms with Gasteiger partial charge in [-0.25, -0.2) is 4.98 Å². The van der Waals surface area contributed by atoms with E-state index in [-0.39, 0.29) is 12.3 Å². The number of halogens is 1. The fourth-order valence-corrected chi connectivity index (χ4v) is 1.61. The molecule has 0 aliphatic heterocycles. The molecule has 0 aromatic carbocycles. The molecule has 1 heterocycles. The summed E-state index contributed by atoms with van der Waals surface area (Å²) in [4.78, 5) is 25.8. The van der Waals surface area contributed by atoms with Gasteiger partial charge in [0.1, 0.15) is 4.60 Å². The molecule has 0 radical (unpaired) electrons. The SMILES string of the molecule is O=C(O)CCCCNC(=O)c1ccnc(Br)c1. The van der Waals surface area contributed by atoms with Crippen LogP contribution in [0.2, 0.25) is 0 Å². The summed E-state index contributed by atoms with van der Waals surface area (Å²) in [7, 11) is 0. The first-order valence-electron chi connectivity index (χ1n) is 5.21. The van der Waals surface area contributed by atoms with Gasteiger partial charge in [-0.2, -0.15) is 0 Å². The number of aromatic nitrogens is 1. The van der Waals surface area contributed by atoms with Gasteiger partial charge in [-0.15, -0.1) is 0 Å². The molecule has 92 valence electrons. The number of hydrogen-bond donors (Lipinski definition) is 2. The molecular formula is C11H13BrN2O3. The van der Waals surface area contributed by atoms with Crippen LogP contribution in [0.1, 0.15) is 29.6 Å². The number of carbonyl (C=O) groups excluding carboxylic acids is 1. The number of carboxylic acid groups (broad SMARTS) is 1. The second-order valence-corrected chi connectivity index (χ2v) is 4.29. The van der Waals surface area contributed by atoms with E-state index >= 15 is 0 Å². The minimum absolute atomic E-state index is 0.136. The van der Waals surface area contributed by atoms with Gasteiger partial charge < -0.3 is 10.4 Å². The quantitative estimate of drug-likeness (QED) is 0.620. The number of pyridine rings is 1. The molecule has 1 amide bonds. The summed E-state index contributed by atoms with van der Waals surface area (Å²) >= 11 is 3.18. The number of carbonyl (C=O) groups is 2. The molecule has 6 heteroatoms. The number of aliphatic carboxylic acids is 1. The second kappa shape index (κ2) is 7.01. The number of hydrogen-bond acceptors (Lipinski definition) is 3. The molecule has 0 spiro atoms. The monoisotopic (exact) mass is 300 g/mol. The van der Waals surface area contributed by atoms with Crippen molar-refractivity contribution in [2.45, 2.75) is 19.3 Å². The largest absolute Gasteiger partial charge is 0.481 e. The summed E-state index contributed by atoms with van der Waals surface area (Å²) in [6.07, 6.45) is 2.90. The van der Waals surface area contributed by atoms with Crippen LogP contribution in [0, 0.1) is 0 Å². The third-order valence-electron chi connectivity index (χ3n) is 2.09. The van der Waals surface area contributed by atoms with Crippen LogP contribution >= 0.6 is 15.9 Å². The molecule has 0 aliphatic carbocycles. The van der Waals surface area contributed by atoms with E-state index in [1.807, 2.05) is 0 Å². The molecular weight excluding hydrogens is 288 g/mol. The highest BCUT2D eigenvalue weighted by molar-refractivity contribution is 9.10. The van der Waals surface area contributed by atoms with Gasteiger partial charge in [0.05, 0.1) is 0 Å². The van der Waals surface area contributed by atoms with Gasteiger partial charge in [-0.05, 0) is 40.9 Å². The lowest BCUT2D eigenvalue weighted by molar-refractivity contribution is -0.137. The Hall–Kier alpha value is -1.43. The highest BCUT2D eigenvalue weighted by atomic mass is 79.9. The van der Waals surface area contributed by atoms with E-state index in [1.165, 1.54) is 0 Å². The highest BCUT2D eigenvalue weighted by Crippen LogP contribution is 2.07. The number of carboxylic acids is 1. The topological polar surface area (TPSA) is 79.3 Å². The molecule has 0 bridgehead atoms. The average Bonchev–Trinajstić information content (AvgIpc) is 2.28. The highest BCUT2D eigenvalue weighted by Gasteiger charge is 2.05. The zero-order valence-electron chi connectivity index (χ0n) is 9.15. The van der Waals surface area contributed by atoms with Crippen molar-refractivity contribution in [3.05, 3.63) is 28.5 Å². The van der Waals surface area contributed by atoms with Gasteiger partial charge in [0.25, 0.3) is 5.91 Å². The Bertz CT molecular complexity index is 409. The van der Waals surface area contributed by atoms with Gasteiger partial charge in [-0.1, -0.05) is 0 Å². The van der Waals surface area contributed by atoms with Gasteiger partial charge in [0.2, 0.25) is 0 Å². The van der Waals surface area contributed by atoms with E-state index in [1.54, 1.807) is 18.3 Å². The fourth-order valence-electron chi connectivity index (χ4n) is 1.25. The lowest BCUT2D eigenvalue weighted by atomic mass is 10.2. The molecule has 0 saturated heterocycles. The summed E-state index contributed by atoms with van der Waals surface area (Å²) in [5.41, 5.74) is 0.533. The normalized spacial score (nSPS) is 9.94. The third kappa shape index (κ3) is 5.44. The van der Waals surface area contributed by atoms with Crippen molar-refractivity contribution < 1.29 is 14.7 Å². The van der Waals surface area contributed by atoms with Crippen LogP contribution in [0.25, 0.3) is 0 Å². The van der Waals surface area contributed by atoms with Crippen LogP contribution < -0.4 is 5.32 Å². The summed E-state index contributed by atoms with van der Waals surface area (Å²) in [6, 6.07) is 3.25. The number of amides is 1. The standard InChI is InChI=1S/C11H13BrN2O3/c12-9-7-8(4-6-13-9)11(17)14-5-2-1-3-10(15)16/h4,6-7H,1-3,5H2,(H,14,17)(H,15,16). The van der Waals surface area contributed by atoms with E-state index in [0.29, 0.717) is 29.6 Å². The Kier molecular flexibility index (Phi) is 5.62. The second-order valence-electron chi connectivity index (χ2n) is 3.47. The predicted molar refractivity (Wildman–Crippen MR) is 65.8 cm³/mol. The van der Waals surface area contributed by atoms with Gasteiger partial charge in [0.15, 0.2) is 0 Å². The van der Waals surface area contributed by atoms with Crippen molar-refractivity contribution >= 4 is 27.8 Å². The Morgan fingerprint density at radius 3 is 2.82 bits per heavy atom. The molecule has 1 rings (SSSR count). The molecule has 1 aromatic rings. The number of nitrogens with zero attached hydrogens (tertiary/aromatic N) is 1. The van der Waals surface area contributed by atoms with Crippen molar-refractivity contribution in [2.24, 2.45) is 0 Å². The zero-order chi connectivity index (χ0) is 12.7. The van der Waals surface area contributed by atoms with Gasteiger partial charge >= 0.3 is 5.97 Å². The molecule has 0 saturated carbocycles. The molecule has 5 nitrogen and oxygen atoms in total. The summed E-state index contributed by atoms with van der Waals surface area (Å²) in [5.74, 6) is -0.988. The Morgan fingerprint density at radius 2 is 2.18 bits per heavy atom. The van der Waals surface area contributed by atoms with E-state index in [2.05, 4.69) is 26.2 Å². The van der Waals surface area contributed by atoms with E-state index in [0.717, 1.165) is 0 Å². The zero-order valence-corrected chi connectivity index (χ0v) is 10.7. The first kappa shape index (κ1) is 13.6. The average molecular weight is 301 g/mol. The van der Waals surface area contributed by atoms with Crippen LogP contribution in [0.4, 0.5) is 0 Å². The minimum Gasteiger partial charge on any atom is -0.481 e. The smallest absolute Gasteiger partial charge is 0.303 e. The Balaban J connectivity index is 2.28. The van der Waals surface area contributed by atoms with Crippen LogP contribution in [0.15, 0.2) is 22.9 Å². The number of nitrogens with one attached hydrogen (secondary N) is 1. The van der Waals surface area contributed by atoms with Gasteiger partial charge in [-0.3, -0.25) is 9.59 Å². The molecule has 0 unspecified atom stereocenters. The Labute approximate surface area is 107 Å². The van der Waals surface area contributed by atoms with Gasteiger partial charge in [0, 0.05) is 24.7 Å². The van der Waals surface area contributed by atoms with Crippen LogP contribution in [0.5, 0.6) is 0 Å². The lowest BCUT2D eigenvalue weighted by Crippen LogP contribution is -2.24. The first-order chi connectivity index (χ1) is 8.09. The molecule has 0 aliphatic rings. The Morgan fingerprint density at radius 1 is 1.41 bits per heavy atom. The predicted octanol–water partition coefficient (Wildman–Crippen LogP) is 1.83. The molecule has 1 aromatic heterocycles. The van der Waals surface area contributed by atoms with E-state index in [4.69, 9.17) is 5.11 Å². The maximum atomic E-state index is 11.6. The van der Waals surface area contributed by atoms with Crippen LogP contribution in [0.3, 0.4) is 0 Å². The fraction of sp³-hybridized carbons (Fsp3) is 0.364. The van der Waals surface area contributed by atoms with Crippen molar-refractivity contribution in [1.29, 1.82) is 0 Å². The van der Waals surface area contributed by atoms with E-state index < -0.39 is 5.97 Å². The van der Waals surface area contributed by atoms with Crippen molar-refractivity contribution in [3.8, 4) is 0 Å².